The second-order valence-electron chi connectivity index (χ2n) is 2.84. The van der Waals surface area contributed by atoms with Crippen LogP contribution in [0.5, 0.6) is 0 Å². The van der Waals surface area contributed by atoms with Crippen molar-refractivity contribution < 1.29 is 0 Å². The Hall–Kier alpha value is -1.61. The van der Waals surface area contributed by atoms with Crippen molar-refractivity contribution in [2.24, 2.45) is 5.73 Å². The molecule has 13 heavy (non-hydrogen) atoms. The van der Waals surface area contributed by atoms with Crippen LogP contribution in [0.3, 0.4) is 0 Å². The molecule has 0 aliphatic rings. The Balaban J connectivity index is 2.41. The van der Waals surface area contributed by atoms with Gasteiger partial charge < -0.3 is 10.7 Å². The molecule has 1 aromatic carbocycles. The van der Waals surface area contributed by atoms with Crippen LogP contribution in [0.25, 0.3) is 11.4 Å². The fraction of sp³-hybridized carbons (Fsp3) is 0.100. The number of benzene rings is 1. The largest absolute Gasteiger partial charge is 0.345 e. The third-order valence-corrected chi connectivity index (χ3v) is 1.93. The Morgan fingerprint density at radius 1 is 1.38 bits per heavy atom. The van der Waals surface area contributed by atoms with E-state index in [1.54, 1.807) is 6.20 Å². The third kappa shape index (κ3) is 1.60. The standard InChI is InChI=1S/C10H11N3/c11-7-8-2-1-3-9(6-8)10-12-4-5-13-10/h1-6H,7,11H2,(H,12,13). The van der Waals surface area contributed by atoms with Crippen LogP contribution in [-0.4, -0.2) is 9.97 Å². The van der Waals surface area contributed by atoms with Crippen LogP contribution in [-0.2, 0) is 6.54 Å². The number of nitrogens with two attached hydrogens (primary N) is 1. The quantitative estimate of drug-likeness (QED) is 0.723. The van der Waals surface area contributed by atoms with Gasteiger partial charge >= 0.3 is 0 Å². The summed E-state index contributed by atoms with van der Waals surface area (Å²) in [6.07, 6.45) is 3.55. The summed E-state index contributed by atoms with van der Waals surface area (Å²) in [6, 6.07) is 8.04. The number of nitrogens with zero attached hydrogens (tertiary/aromatic N) is 1. The molecule has 2 aromatic rings. The predicted molar refractivity (Wildman–Crippen MR) is 51.9 cm³/mol. The lowest BCUT2D eigenvalue weighted by molar-refractivity contribution is 1.07. The van der Waals surface area contributed by atoms with Crippen molar-refractivity contribution >= 4 is 0 Å². The van der Waals surface area contributed by atoms with E-state index in [1.807, 2.05) is 30.5 Å². The minimum absolute atomic E-state index is 0.564. The minimum atomic E-state index is 0.564. The molecule has 3 heteroatoms. The van der Waals surface area contributed by atoms with Crippen LogP contribution in [0, 0.1) is 0 Å². The van der Waals surface area contributed by atoms with Crippen LogP contribution >= 0.6 is 0 Å². The molecule has 2 rings (SSSR count). The zero-order chi connectivity index (χ0) is 9.10. The van der Waals surface area contributed by atoms with E-state index in [-0.39, 0.29) is 0 Å². The lowest BCUT2D eigenvalue weighted by Crippen LogP contribution is -1.95. The van der Waals surface area contributed by atoms with Crippen LogP contribution in [0.15, 0.2) is 36.7 Å². The van der Waals surface area contributed by atoms with Crippen LogP contribution in [0.2, 0.25) is 0 Å². The maximum atomic E-state index is 5.54. The Morgan fingerprint density at radius 3 is 3.00 bits per heavy atom. The average molecular weight is 173 g/mol. The van der Waals surface area contributed by atoms with Gasteiger partial charge in [-0.05, 0) is 11.6 Å². The van der Waals surface area contributed by atoms with E-state index >= 15 is 0 Å². The molecule has 1 aromatic heterocycles. The first-order chi connectivity index (χ1) is 6.40. The molecule has 1 heterocycles. The lowest BCUT2D eigenvalue weighted by Gasteiger charge is -1.99. The number of aromatic amines is 1. The Bertz CT molecular complexity index is 379. The summed E-state index contributed by atoms with van der Waals surface area (Å²) in [4.78, 5) is 7.22. The van der Waals surface area contributed by atoms with Crippen molar-refractivity contribution in [3.63, 3.8) is 0 Å². The molecule has 0 aliphatic carbocycles. The number of aromatic nitrogens is 2. The minimum Gasteiger partial charge on any atom is -0.345 e. The fourth-order valence-corrected chi connectivity index (χ4v) is 1.27. The van der Waals surface area contributed by atoms with Crippen molar-refractivity contribution in [3.8, 4) is 11.4 Å². The average Bonchev–Trinajstić information content (AvgIpc) is 2.71. The molecule has 0 bridgehead atoms. The monoisotopic (exact) mass is 173 g/mol. The van der Waals surface area contributed by atoms with Gasteiger partial charge in [0.1, 0.15) is 5.82 Å². The van der Waals surface area contributed by atoms with E-state index in [4.69, 9.17) is 5.73 Å². The maximum Gasteiger partial charge on any atom is 0.137 e. The highest BCUT2D eigenvalue weighted by Crippen LogP contribution is 2.15. The zero-order valence-corrected chi connectivity index (χ0v) is 7.20. The van der Waals surface area contributed by atoms with Crippen molar-refractivity contribution in [1.29, 1.82) is 0 Å². The van der Waals surface area contributed by atoms with Crippen molar-refractivity contribution in [3.05, 3.63) is 42.2 Å². The molecule has 0 unspecified atom stereocenters. The molecule has 66 valence electrons. The van der Waals surface area contributed by atoms with E-state index in [0.717, 1.165) is 17.0 Å². The number of H-pyrrole nitrogens is 1. The van der Waals surface area contributed by atoms with Gasteiger partial charge in [-0.1, -0.05) is 18.2 Å². The van der Waals surface area contributed by atoms with Gasteiger partial charge in [0.2, 0.25) is 0 Å². The van der Waals surface area contributed by atoms with Gasteiger partial charge in [-0.15, -0.1) is 0 Å². The smallest absolute Gasteiger partial charge is 0.137 e. The fourth-order valence-electron chi connectivity index (χ4n) is 1.27. The summed E-state index contributed by atoms with van der Waals surface area (Å²) in [5.74, 6) is 0.885. The van der Waals surface area contributed by atoms with E-state index in [0.29, 0.717) is 6.54 Å². The van der Waals surface area contributed by atoms with Gasteiger partial charge in [-0.2, -0.15) is 0 Å². The molecular formula is C10H11N3. The SMILES string of the molecule is NCc1cccc(-c2ncc[nH]2)c1. The Labute approximate surface area is 76.6 Å². The molecule has 0 fully saturated rings. The molecule has 3 nitrogen and oxygen atoms in total. The van der Waals surface area contributed by atoms with E-state index in [9.17, 15) is 0 Å². The van der Waals surface area contributed by atoms with Crippen LogP contribution in [0.1, 0.15) is 5.56 Å². The van der Waals surface area contributed by atoms with Crippen LogP contribution < -0.4 is 5.73 Å². The van der Waals surface area contributed by atoms with Crippen molar-refractivity contribution in [2.75, 3.05) is 0 Å². The van der Waals surface area contributed by atoms with Crippen molar-refractivity contribution in [2.45, 2.75) is 6.54 Å². The van der Waals surface area contributed by atoms with Crippen molar-refractivity contribution in [1.82, 2.24) is 9.97 Å². The molecule has 0 radical (unpaired) electrons. The molecule has 3 N–H and O–H groups in total. The Morgan fingerprint density at radius 2 is 2.31 bits per heavy atom. The van der Waals surface area contributed by atoms with Crippen LogP contribution in [0.4, 0.5) is 0 Å². The lowest BCUT2D eigenvalue weighted by atomic mass is 10.1. The first-order valence-corrected chi connectivity index (χ1v) is 4.19. The molecule has 0 aliphatic heterocycles. The highest BCUT2D eigenvalue weighted by atomic mass is 14.9. The number of rotatable bonds is 2. The number of hydrogen-bond acceptors (Lipinski definition) is 2. The van der Waals surface area contributed by atoms with Gasteiger partial charge in [0.25, 0.3) is 0 Å². The summed E-state index contributed by atoms with van der Waals surface area (Å²) >= 11 is 0. The summed E-state index contributed by atoms with van der Waals surface area (Å²) in [7, 11) is 0. The summed E-state index contributed by atoms with van der Waals surface area (Å²) in [5, 5.41) is 0. The third-order valence-electron chi connectivity index (χ3n) is 1.93. The van der Waals surface area contributed by atoms with E-state index < -0.39 is 0 Å². The molecular weight excluding hydrogens is 162 g/mol. The normalized spacial score (nSPS) is 10.2. The molecule has 0 atom stereocenters. The van der Waals surface area contributed by atoms with E-state index in [1.165, 1.54) is 0 Å². The van der Waals surface area contributed by atoms with Gasteiger partial charge in [0.15, 0.2) is 0 Å². The first kappa shape index (κ1) is 8.01. The summed E-state index contributed by atoms with van der Waals surface area (Å²) in [5.41, 5.74) is 7.74. The molecule has 0 spiro atoms. The summed E-state index contributed by atoms with van der Waals surface area (Å²) in [6.45, 7) is 0.564. The number of imidazole rings is 1. The molecule has 0 saturated heterocycles. The zero-order valence-electron chi connectivity index (χ0n) is 7.20. The maximum absolute atomic E-state index is 5.54. The van der Waals surface area contributed by atoms with Gasteiger partial charge in [-0.3, -0.25) is 0 Å². The predicted octanol–water partition coefficient (Wildman–Crippen LogP) is 1.54. The first-order valence-electron chi connectivity index (χ1n) is 4.19. The Kier molecular flexibility index (Phi) is 2.10. The van der Waals surface area contributed by atoms with Gasteiger partial charge in [0.05, 0.1) is 0 Å². The second-order valence-corrected chi connectivity index (χ2v) is 2.84. The summed E-state index contributed by atoms with van der Waals surface area (Å²) < 4.78 is 0. The second kappa shape index (κ2) is 3.41. The van der Waals surface area contributed by atoms with Gasteiger partial charge in [-0.25, -0.2) is 4.98 Å². The number of hydrogen-bond donors (Lipinski definition) is 2. The highest BCUT2D eigenvalue weighted by molar-refractivity contribution is 5.55. The highest BCUT2D eigenvalue weighted by Gasteiger charge is 1.99. The van der Waals surface area contributed by atoms with Gasteiger partial charge in [0, 0.05) is 24.5 Å². The molecule has 0 saturated carbocycles. The molecule has 0 amide bonds. The van der Waals surface area contributed by atoms with E-state index in [2.05, 4.69) is 9.97 Å². The number of nitrogens with one attached hydrogen (secondary N) is 1. The topological polar surface area (TPSA) is 54.7 Å².